The SMILES string of the molecule is COCCC(C)Oc1cc(CNCC(C)C)ccc1OC. The molecule has 1 aromatic rings. The van der Waals surface area contributed by atoms with Gasteiger partial charge in [0.2, 0.25) is 0 Å². The third-order valence-corrected chi connectivity index (χ3v) is 3.17. The molecule has 1 aromatic carbocycles. The Balaban J connectivity index is 2.66. The molecular weight excluding hydrogens is 266 g/mol. The van der Waals surface area contributed by atoms with Crippen LogP contribution in [0.2, 0.25) is 0 Å². The molecule has 0 radical (unpaired) electrons. The number of hydrogen-bond donors (Lipinski definition) is 1. The fourth-order valence-electron chi connectivity index (χ4n) is 1.99. The van der Waals surface area contributed by atoms with Crippen molar-refractivity contribution in [3.8, 4) is 11.5 Å². The van der Waals surface area contributed by atoms with E-state index in [1.54, 1.807) is 14.2 Å². The van der Waals surface area contributed by atoms with Crippen LogP contribution in [0.1, 0.15) is 32.8 Å². The number of benzene rings is 1. The minimum absolute atomic E-state index is 0.0951. The predicted octanol–water partition coefficient (Wildman–Crippen LogP) is 3.24. The Labute approximate surface area is 128 Å². The summed E-state index contributed by atoms with van der Waals surface area (Å²) >= 11 is 0. The first kappa shape index (κ1) is 17.8. The summed E-state index contributed by atoms with van der Waals surface area (Å²) in [5.41, 5.74) is 1.20. The molecule has 0 spiro atoms. The van der Waals surface area contributed by atoms with Gasteiger partial charge in [0, 0.05) is 26.7 Å². The molecule has 1 atom stereocenters. The molecule has 1 unspecified atom stereocenters. The number of methoxy groups -OCH3 is 2. The van der Waals surface area contributed by atoms with Gasteiger partial charge in [-0.25, -0.2) is 0 Å². The monoisotopic (exact) mass is 295 g/mol. The number of hydrogen-bond acceptors (Lipinski definition) is 4. The maximum atomic E-state index is 5.97. The Morgan fingerprint density at radius 2 is 1.86 bits per heavy atom. The Bertz CT molecular complexity index is 407. The minimum Gasteiger partial charge on any atom is -0.493 e. The molecule has 0 amide bonds. The van der Waals surface area contributed by atoms with Gasteiger partial charge in [0.05, 0.1) is 13.2 Å². The van der Waals surface area contributed by atoms with E-state index in [0.29, 0.717) is 12.5 Å². The fraction of sp³-hybridized carbons (Fsp3) is 0.647. The van der Waals surface area contributed by atoms with Crippen LogP contribution in [0.5, 0.6) is 11.5 Å². The van der Waals surface area contributed by atoms with E-state index in [0.717, 1.165) is 31.0 Å². The maximum absolute atomic E-state index is 5.97. The predicted molar refractivity (Wildman–Crippen MR) is 86.1 cm³/mol. The molecular formula is C17H29NO3. The third kappa shape index (κ3) is 6.82. The van der Waals surface area contributed by atoms with Crippen molar-refractivity contribution in [3.63, 3.8) is 0 Å². The van der Waals surface area contributed by atoms with Crippen LogP contribution in [-0.2, 0) is 11.3 Å². The summed E-state index contributed by atoms with van der Waals surface area (Å²) in [6.07, 6.45) is 0.952. The fourth-order valence-corrected chi connectivity index (χ4v) is 1.99. The first-order valence-corrected chi connectivity index (χ1v) is 7.60. The van der Waals surface area contributed by atoms with Gasteiger partial charge in [-0.3, -0.25) is 0 Å². The summed E-state index contributed by atoms with van der Waals surface area (Å²) in [6.45, 7) is 8.98. The van der Waals surface area contributed by atoms with E-state index in [9.17, 15) is 0 Å². The minimum atomic E-state index is 0.0951. The lowest BCUT2D eigenvalue weighted by Crippen LogP contribution is -2.19. The normalized spacial score (nSPS) is 12.5. The zero-order valence-corrected chi connectivity index (χ0v) is 13.9. The molecule has 0 heterocycles. The molecule has 0 aliphatic carbocycles. The van der Waals surface area contributed by atoms with Gasteiger partial charge in [-0.15, -0.1) is 0 Å². The molecule has 1 N–H and O–H groups in total. The van der Waals surface area contributed by atoms with Crippen molar-refractivity contribution in [2.45, 2.75) is 39.8 Å². The average Bonchev–Trinajstić information content (AvgIpc) is 2.45. The van der Waals surface area contributed by atoms with Crippen LogP contribution in [0.4, 0.5) is 0 Å². The summed E-state index contributed by atoms with van der Waals surface area (Å²) in [6, 6.07) is 6.08. The van der Waals surface area contributed by atoms with Crippen molar-refractivity contribution in [3.05, 3.63) is 23.8 Å². The molecule has 0 bridgehead atoms. The Morgan fingerprint density at radius 3 is 2.48 bits per heavy atom. The Morgan fingerprint density at radius 1 is 1.10 bits per heavy atom. The molecule has 120 valence electrons. The van der Waals surface area contributed by atoms with Crippen molar-refractivity contribution >= 4 is 0 Å². The molecule has 0 aliphatic heterocycles. The molecule has 4 nitrogen and oxygen atoms in total. The van der Waals surface area contributed by atoms with Crippen molar-refractivity contribution in [2.24, 2.45) is 5.92 Å². The largest absolute Gasteiger partial charge is 0.493 e. The van der Waals surface area contributed by atoms with Crippen LogP contribution in [0.3, 0.4) is 0 Å². The zero-order chi connectivity index (χ0) is 15.7. The van der Waals surface area contributed by atoms with E-state index >= 15 is 0 Å². The number of nitrogens with one attached hydrogen (secondary N) is 1. The first-order chi connectivity index (χ1) is 10.1. The second-order valence-electron chi connectivity index (χ2n) is 5.72. The summed E-state index contributed by atoms with van der Waals surface area (Å²) in [7, 11) is 3.37. The lowest BCUT2D eigenvalue weighted by atomic mass is 10.1. The van der Waals surface area contributed by atoms with Gasteiger partial charge in [-0.05, 0) is 37.1 Å². The van der Waals surface area contributed by atoms with Gasteiger partial charge in [0.1, 0.15) is 0 Å². The highest BCUT2D eigenvalue weighted by Gasteiger charge is 2.10. The molecule has 0 saturated heterocycles. The molecule has 0 aliphatic rings. The van der Waals surface area contributed by atoms with Crippen LogP contribution < -0.4 is 14.8 Å². The van der Waals surface area contributed by atoms with Crippen molar-refractivity contribution < 1.29 is 14.2 Å². The molecule has 1 rings (SSSR count). The van der Waals surface area contributed by atoms with Crippen molar-refractivity contribution in [2.75, 3.05) is 27.4 Å². The van der Waals surface area contributed by atoms with Crippen LogP contribution in [0.25, 0.3) is 0 Å². The maximum Gasteiger partial charge on any atom is 0.161 e. The second kappa shape index (κ2) is 9.64. The first-order valence-electron chi connectivity index (χ1n) is 7.60. The molecule has 4 heteroatoms. The van der Waals surface area contributed by atoms with Crippen LogP contribution >= 0.6 is 0 Å². The summed E-state index contributed by atoms with van der Waals surface area (Å²) < 4.78 is 16.4. The van der Waals surface area contributed by atoms with Crippen molar-refractivity contribution in [1.82, 2.24) is 5.32 Å². The van der Waals surface area contributed by atoms with E-state index in [-0.39, 0.29) is 6.10 Å². The molecule has 21 heavy (non-hydrogen) atoms. The molecule has 0 aromatic heterocycles. The van der Waals surface area contributed by atoms with E-state index in [1.165, 1.54) is 5.56 Å². The summed E-state index contributed by atoms with van der Waals surface area (Å²) in [4.78, 5) is 0. The average molecular weight is 295 g/mol. The molecule has 0 fully saturated rings. The smallest absolute Gasteiger partial charge is 0.161 e. The third-order valence-electron chi connectivity index (χ3n) is 3.17. The Kier molecular flexibility index (Phi) is 8.16. The van der Waals surface area contributed by atoms with Gasteiger partial charge in [0.25, 0.3) is 0 Å². The van der Waals surface area contributed by atoms with Crippen molar-refractivity contribution in [1.29, 1.82) is 0 Å². The van der Waals surface area contributed by atoms with E-state index in [2.05, 4.69) is 31.3 Å². The number of ether oxygens (including phenoxy) is 3. The van der Waals surface area contributed by atoms with Gasteiger partial charge in [-0.1, -0.05) is 19.9 Å². The summed E-state index contributed by atoms with van der Waals surface area (Å²) in [5.74, 6) is 2.21. The van der Waals surface area contributed by atoms with E-state index < -0.39 is 0 Å². The second-order valence-corrected chi connectivity index (χ2v) is 5.72. The van der Waals surface area contributed by atoms with Gasteiger partial charge in [0.15, 0.2) is 11.5 Å². The topological polar surface area (TPSA) is 39.7 Å². The lowest BCUT2D eigenvalue weighted by Gasteiger charge is -2.18. The zero-order valence-electron chi connectivity index (χ0n) is 13.9. The van der Waals surface area contributed by atoms with Crippen LogP contribution in [0.15, 0.2) is 18.2 Å². The highest BCUT2D eigenvalue weighted by Crippen LogP contribution is 2.29. The molecule has 0 saturated carbocycles. The highest BCUT2D eigenvalue weighted by atomic mass is 16.5. The van der Waals surface area contributed by atoms with Crippen LogP contribution in [0, 0.1) is 5.92 Å². The summed E-state index contributed by atoms with van der Waals surface area (Å²) in [5, 5.41) is 3.44. The van der Waals surface area contributed by atoms with Gasteiger partial charge < -0.3 is 19.5 Å². The standard InChI is InChI=1S/C17H29NO3/c1-13(2)11-18-12-15-6-7-16(20-5)17(10-15)21-14(3)8-9-19-4/h6-7,10,13-14,18H,8-9,11-12H2,1-5H3. The van der Waals surface area contributed by atoms with Crippen LogP contribution in [-0.4, -0.2) is 33.5 Å². The lowest BCUT2D eigenvalue weighted by molar-refractivity contribution is 0.132. The number of rotatable bonds is 10. The van der Waals surface area contributed by atoms with E-state index in [1.807, 2.05) is 13.0 Å². The van der Waals surface area contributed by atoms with Gasteiger partial charge >= 0.3 is 0 Å². The van der Waals surface area contributed by atoms with Gasteiger partial charge in [-0.2, -0.15) is 0 Å². The quantitative estimate of drug-likeness (QED) is 0.719. The highest BCUT2D eigenvalue weighted by molar-refractivity contribution is 5.43. The Hall–Kier alpha value is -1.26. The van der Waals surface area contributed by atoms with E-state index in [4.69, 9.17) is 14.2 Å².